The van der Waals surface area contributed by atoms with Crippen LogP contribution in [0.25, 0.3) is 11.1 Å². The molecule has 132 valence electrons. The van der Waals surface area contributed by atoms with Crippen molar-refractivity contribution in [3.05, 3.63) is 59.1 Å². The minimum atomic E-state index is -0.462. The molecule has 1 aliphatic rings. The fourth-order valence-electron chi connectivity index (χ4n) is 3.04. The molecule has 25 heavy (non-hydrogen) atoms. The molecule has 0 aromatic heterocycles. The molecule has 0 bridgehead atoms. The van der Waals surface area contributed by atoms with Crippen molar-refractivity contribution in [1.29, 1.82) is 0 Å². The monoisotopic (exact) mass is 357 g/mol. The van der Waals surface area contributed by atoms with Gasteiger partial charge in [-0.2, -0.15) is 0 Å². The van der Waals surface area contributed by atoms with Gasteiger partial charge in [0, 0.05) is 17.1 Å². The zero-order valence-corrected chi connectivity index (χ0v) is 15.6. The van der Waals surface area contributed by atoms with E-state index in [1.54, 1.807) is 0 Å². The van der Waals surface area contributed by atoms with E-state index in [-0.39, 0.29) is 6.09 Å². The Bertz CT molecular complexity index is 766. The molecule has 1 saturated carbocycles. The van der Waals surface area contributed by atoms with Crippen LogP contribution in [0.5, 0.6) is 0 Å². The number of amides is 1. The summed E-state index contributed by atoms with van der Waals surface area (Å²) in [7, 11) is 0. The molecular formula is C21H24ClNO2. The predicted octanol–water partition coefficient (Wildman–Crippen LogP) is 5.64. The molecule has 1 amide bonds. The number of halogens is 1. The van der Waals surface area contributed by atoms with Gasteiger partial charge in [0.05, 0.1) is 0 Å². The van der Waals surface area contributed by atoms with Crippen LogP contribution in [0.4, 0.5) is 4.79 Å². The van der Waals surface area contributed by atoms with E-state index in [0.717, 1.165) is 22.6 Å². The number of hydrogen-bond donors (Lipinski definition) is 1. The first-order valence-corrected chi connectivity index (χ1v) is 9.03. The standard InChI is InChI=1S/C21H24ClNO2/c1-21(2,3)25-20(24)23-13-16-12-18(16)15-8-6-7-14(11-15)17-9-4-5-10-19(17)22/h4-11,16,18H,12-13H2,1-3H3,(H,23,24). The molecule has 2 unspecified atom stereocenters. The summed E-state index contributed by atoms with van der Waals surface area (Å²) in [6, 6.07) is 16.4. The van der Waals surface area contributed by atoms with Crippen molar-refractivity contribution >= 4 is 17.7 Å². The van der Waals surface area contributed by atoms with Crippen LogP contribution in [0.1, 0.15) is 38.7 Å². The van der Waals surface area contributed by atoms with Gasteiger partial charge in [-0.15, -0.1) is 0 Å². The van der Waals surface area contributed by atoms with E-state index in [9.17, 15) is 4.79 Å². The Balaban J connectivity index is 1.61. The molecule has 2 aromatic rings. The van der Waals surface area contributed by atoms with Crippen LogP contribution in [0.2, 0.25) is 5.02 Å². The van der Waals surface area contributed by atoms with E-state index in [2.05, 4.69) is 29.6 Å². The second-order valence-electron chi connectivity index (χ2n) is 7.59. The summed E-state index contributed by atoms with van der Waals surface area (Å²) in [5.74, 6) is 0.950. The number of alkyl carbamates (subject to hydrolysis) is 1. The van der Waals surface area contributed by atoms with Crippen molar-refractivity contribution in [3.63, 3.8) is 0 Å². The third-order valence-electron chi connectivity index (χ3n) is 4.33. The van der Waals surface area contributed by atoms with Crippen LogP contribution < -0.4 is 5.32 Å². The van der Waals surface area contributed by atoms with Gasteiger partial charge in [-0.05, 0) is 56.2 Å². The second-order valence-corrected chi connectivity index (χ2v) is 8.00. The summed E-state index contributed by atoms with van der Waals surface area (Å²) in [6.07, 6.45) is 0.741. The third-order valence-corrected chi connectivity index (χ3v) is 4.66. The number of nitrogens with one attached hydrogen (secondary N) is 1. The molecule has 0 radical (unpaired) electrons. The number of rotatable bonds is 4. The lowest BCUT2D eigenvalue weighted by Gasteiger charge is -2.19. The smallest absolute Gasteiger partial charge is 0.407 e. The van der Waals surface area contributed by atoms with Gasteiger partial charge in [0.2, 0.25) is 0 Å². The molecule has 0 aliphatic heterocycles. The second kappa shape index (κ2) is 7.09. The molecule has 3 nitrogen and oxygen atoms in total. The van der Waals surface area contributed by atoms with E-state index in [0.29, 0.717) is 18.4 Å². The Morgan fingerprint density at radius 1 is 1.20 bits per heavy atom. The minimum absolute atomic E-state index is 0.344. The van der Waals surface area contributed by atoms with E-state index in [1.807, 2.05) is 45.0 Å². The molecule has 1 fully saturated rings. The molecule has 4 heteroatoms. The Labute approximate surface area is 154 Å². The minimum Gasteiger partial charge on any atom is -0.444 e. The highest BCUT2D eigenvalue weighted by atomic mass is 35.5. The van der Waals surface area contributed by atoms with Crippen molar-refractivity contribution in [2.45, 2.75) is 38.7 Å². The van der Waals surface area contributed by atoms with Gasteiger partial charge in [0.15, 0.2) is 0 Å². The first-order chi connectivity index (χ1) is 11.8. The first kappa shape index (κ1) is 17.8. The zero-order valence-electron chi connectivity index (χ0n) is 14.9. The van der Waals surface area contributed by atoms with Crippen molar-refractivity contribution in [1.82, 2.24) is 5.32 Å². The van der Waals surface area contributed by atoms with Gasteiger partial charge in [0.25, 0.3) is 0 Å². The van der Waals surface area contributed by atoms with Crippen molar-refractivity contribution < 1.29 is 9.53 Å². The Hall–Kier alpha value is -2.00. The van der Waals surface area contributed by atoms with Crippen molar-refractivity contribution in [3.8, 4) is 11.1 Å². The average molecular weight is 358 g/mol. The van der Waals surface area contributed by atoms with Gasteiger partial charge in [-0.3, -0.25) is 0 Å². The van der Waals surface area contributed by atoms with Crippen LogP contribution in [0, 0.1) is 5.92 Å². The van der Waals surface area contributed by atoms with Crippen LogP contribution >= 0.6 is 11.6 Å². The number of ether oxygens (including phenoxy) is 1. The fraction of sp³-hybridized carbons (Fsp3) is 0.381. The lowest BCUT2D eigenvalue weighted by molar-refractivity contribution is 0.0525. The van der Waals surface area contributed by atoms with Crippen LogP contribution in [-0.4, -0.2) is 18.2 Å². The van der Waals surface area contributed by atoms with Gasteiger partial charge in [-0.25, -0.2) is 4.79 Å². The summed E-state index contributed by atoms with van der Waals surface area (Å²) in [4.78, 5) is 11.8. The normalized spacial score (nSPS) is 19.4. The van der Waals surface area contributed by atoms with Crippen LogP contribution in [0.3, 0.4) is 0 Å². The van der Waals surface area contributed by atoms with Gasteiger partial charge < -0.3 is 10.1 Å². The van der Waals surface area contributed by atoms with Crippen molar-refractivity contribution in [2.75, 3.05) is 6.54 Å². The maximum atomic E-state index is 11.8. The predicted molar refractivity (Wildman–Crippen MR) is 102 cm³/mol. The largest absolute Gasteiger partial charge is 0.444 e. The average Bonchev–Trinajstić information content (AvgIpc) is 3.32. The molecule has 2 aromatic carbocycles. The maximum Gasteiger partial charge on any atom is 0.407 e. The SMILES string of the molecule is CC(C)(C)OC(=O)NCC1CC1c1cccc(-c2ccccc2Cl)c1. The topological polar surface area (TPSA) is 38.3 Å². The molecule has 0 saturated heterocycles. The number of carbonyl (C=O) groups excluding carboxylic acids is 1. The summed E-state index contributed by atoms with van der Waals surface area (Å²) >= 11 is 6.31. The first-order valence-electron chi connectivity index (χ1n) is 8.65. The third kappa shape index (κ3) is 4.76. The lowest BCUT2D eigenvalue weighted by atomic mass is 10.0. The van der Waals surface area contributed by atoms with E-state index >= 15 is 0 Å². The summed E-state index contributed by atoms with van der Waals surface area (Å²) in [5.41, 5.74) is 3.02. The molecule has 1 aliphatic carbocycles. The highest BCUT2D eigenvalue weighted by Crippen LogP contribution is 2.47. The van der Waals surface area contributed by atoms with E-state index < -0.39 is 5.60 Å². The summed E-state index contributed by atoms with van der Waals surface area (Å²) < 4.78 is 5.28. The highest BCUT2D eigenvalue weighted by molar-refractivity contribution is 6.33. The van der Waals surface area contributed by atoms with E-state index in [1.165, 1.54) is 5.56 Å². The lowest BCUT2D eigenvalue weighted by Crippen LogP contribution is -2.33. The zero-order chi connectivity index (χ0) is 18.0. The quantitative estimate of drug-likeness (QED) is 0.769. The van der Waals surface area contributed by atoms with Crippen LogP contribution in [0.15, 0.2) is 48.5 Å². The van der Waals surface area contributed by atoms with Gasteiger partial charge in [-0.1, -0.05) is 54.1 Å². The number of benzene rings is 2. The van der Waals surface area contributed by atoms with Gasteiger partial charge in [0.1, 0.15) is 5.60 Å². The van der Waals surface area contributed by atoms with Crippen molar-refractivity contribution in [2.24, 2.45) is 5.92 Å². The Morgan fingerprint density at radius 2 is 1.96 bits per heavy atom. The molecule has 1 N–H and O–H groups in total. The highest BCUT2D eigenvalue weighted by Gasteiger charge is 2.38. The molecule has 3 rings (SSSR count). The Kier molecular flexibility index (Phi) is 5.05. The molecule has 2 atom stereocenters. The summed E-state index contributed by atoms with van der Waals surface area (Å²) in [6.45, 7) is 6.25. The number of hydrogen-bond acceptors (Lipinski definition) is 2. The van der Waals surface area contributed by atoms with E-state index in [4.69, 9.17) is 16.3 Å². The van der Waals surface area contributed by atoms with Gasteiger partial charge >= 0.3 is 6.09 Å². The molecule has 0 heterocycles. The Morgan fingerprint density at radius 3 is 2.68 bits per heavy atom. The summed E-state index contributed by atoms with van der Waals surface area (Å²) in [5, 5.41) is 3.64. The number of carbonyl (C=O) groups is 1. The van der Waals surface area contributed by atoms with Crippen LogP contribution in [-0.2, 0) is 4.74 Å². The molecule has 0 spiro atoms. The maximum absolute atomic E-state index is 11.8. The fourth-order valence-corrected chi connectivity index (χ4v) is 3.29. The molecular weight excluding hydrogens is 334 g/mol.